The van der Waals surface area contributed by atoms with Crippen LogP contribution in [0.25, 0.3) is 0 Å². The van der Waals surface area contributed by atoms with E-state index in [-0.39, 0.29) is 5.78 Å². The summed E-state index contributed by atoms with van der Waals surface area (Å²) in [6.45, 7) is 5.04. The summed E-state index contributed by atoms with van der Waals surface area (Å²) in [4.78, 5) is 12.1. The highest BCUT2D eigenvalue weighted by molar-refractivity contribution is 5.99. The van der Waals surface area contributed by atoms with Crippen LogP contribution in [0.3, 0.4) is 0 Å². The lowest BCUT2D eigenvalue weighted by atomic mass is 9.79. The number of hydrogen-bond donors (Lipinski definition) is 1. The van der Waals surface area contributed by atoms with Crippen LogP contribution in [0.15, 0.2) is 11.8 Å². The number of ketones is 1. The Morgan fingerprint density at radius 3 is 2.86 bits per heavy atom. The Kier molecular flexibility index (Phi) is 3.69. The summed E-state index contributed by atoms with van der Waals surface area (Å²) in [5.41, 5.74) is 6.02. The molecule has 0 aromatic carbocycles. The second-order valence-corrected chi connectivity index (χ2v) is 4.06. The molecule has 0 radical (unpaired) electrons. The van der Waals surface area contributed by atoms with Gasteiger partial charge in [-0.2, -0.15) is 0 Å². The summed E-state index contributed by atoms with van der Waals surface area (Å²) in [6, 6.07) is 0. The number of allylic oxidation sites excluding steroid dienone is 1. The van der Waals surface area contributed by atoms with E-state index in [0.717, 1.165) is 31.4 Å². The van der Waals surface area contributed by atoms with Crippen molar-refractivity contribution in [3.63, 3.8) is 0 Å². The van der Waals surface area contributed by atoms with Crippen LogP contribution in [0.5, 0.6) is 0 Å². The molecule has 0 fully saturated rings. The molecule has 80 valence electrons. The van der Waals surface area contributed by atoms with E-state index in [1.165, 1.54) is 0 Å². The zero-order chi connectivity index (χ0) is 10.6. The molecule has 0 aromatic rings. The first-order chi connectivity index (χ1) is 6.64. The largest absolute Gasteiger partial charge is 0.501 e. The van der Waals surface area contributed by atoms with Crippen LogP contribution in [0.2, 0.25) is 0 Å². The van der Waals surface area contributed by atoms with E-state index in [1.54, 1.807) is 6.26 Å². The van der Waals surface area contributed by atoms with Crippen molar-refractivity contribution in [3.05, 3.63) is 11.8 Å². The Labute approximate surface area is 85.3 Å². The van der Waals surface area contributed by atoms with Crippen molar-refractivity contribution >= 4 is 5.78 Å². The smallest absolute Gasteiger partial charge is 0.169 e. The highest BCUT2D eigenvalue weighted by atomic mass is 16.5. The van der Waals surface area contributed by atoms with Crippen molar-refractivity contribution in [1.29, 1.82) is 0 Å². The molecule has 2 N–H and O–H groups in total. The first-order valence-corrected chi connectivity index (χ1v) is 5.19. The highest BCUT2D eigenvalue weighted by Crippen LogP contribution is 2.27. The predicted octanol–water partition coefficient (Wildman–Crippen LogP) is 1.62. The monoisotopic (exact) mass is 197 g/mol. The molecule has 0 amide bonds. The SMILES string of the molecule is CCC(C)(CN)C(=O)C1=COCCC1. The van der Waals surface area contributed by atoms with Gasteiger partial charge in [0.15, 0.2) is 5.78 Å². The number of Topliss-reactive ketones (excluding diaryl/α,β-unsaturated/α-hetero) is 1. The summed E-state index contributed by atoms with van der Waals surface area (Å²) in [6.07, 6.45) is 4.14. The molecule has 0 aliphatic carbocycles. The number of ether oxygens (including phenoxy) is 1. The molecule has 0 saturated heterocycles. The zero-order valence-corrected chi connectivity index (χ0v) is 9.01. The Morgan fingerprint density at radius 1 is 1.71 bits per heavy atom. The summed E-state index contributed by atoms with van der Waals surface area (Å²) in [7, 11) is 0. The van der Waals surface area contributed by atoms with Gasteiger partial charge in [0.25, 0.3) is 0 Å². The summed E-state index contributed by atoms with van der Waals surface area (Å²) in [5, 5.41) is 0. The lowest BCUT2D eigenvalue weighted by Crippen LogP contribution is -2.36. The molecular formula is C11H19NO2. The third-order valence-corrected chi connectivity index (χ3v) is 3.00. The van der Waals surface area contributed by atoms with Gasteiger partial charge in [-0.15, -0.1) is 0 Å². The Morgan fingerprint density at radius 2 is 2.43 bits per heavy atom. The maximum Gasteiger partial charge on any atom is 0.169 e. The van der Waals surface area contributed by atoms with E-state index in [0.29, 0.717) is 6.54 Å². The normalized spacial score (nSPS) is 20.6. The standard InChI is InChI=1S/C11H19NO2/c1-3-11(2,8-12)10(13)9-5-4-6-14-7-9/h7H,3-6,8,12H2,1-2H3. The van der Waals surface area contributed by atoms with Gasteiger partial charge in [0.1, 0.15) is 0 Å². The second-order valence-electron chi connectivity index (χ2n) is 4.06. The van der Waals surface area contributed by atoms with Crippen LogP contribution < -0.4 is 5.73 Å². The van der Waals surface area contributed by atoms with Crippen molar-refractivity contribution < 1.29 is 9.53 Å². The van der Waals surface area contributed by atoms with Crippen LogP contribution in [-0.2, 0) is 9.53 Å². The van der Waals surface area contributed by atoms with Crippen molar-refractivity contribution in [1.82, 2.24) is 0 Å². The topological polar surface area (TPSA) is 52.3 Å². The lowest BCUT2D eigenvalue weighted by molar-refractivity contribution is -0.124. The number of hydrogen-bond acceptors (Lipinski definition) is 3. The maximum atomic E-state index is 12.1. The fourth-order valence-electron chi connectivity index (χ4n) is 1.52. The highest BCUT2D eigenvalue weighted by Gasteiger charge is 2.32. The number of nitrogens with two attached hydrogens (primary N) is 1. The molecule has 0 aromatic heterocycles. The Balaban J connectivity index is 2.76. The average Bonchev–Trinajstić information content (AvgIpc) is 2.28. The molecule has 1 atom stereocenters. The molecule has 3 heteroatoms. The van der Waals surface area contributed by atoms with Gasteiger partial charge in [-0.3, -0.25) is 4.79 Å². The molecule has 0 spiro atoms. The molecule has 1 rings (SSSR count). The Hall–Kier alpha value is -0.830. The zero-order valence-electron chi connectivity index (χ0n) is 9.01. The maximum absolute atomic E-state index is 12.1. The molecule has 0 saturated carbocycles. The number of rotatable bonds is 4. The molecular weight excluding hydrogens is 178 g/mol. The van der Waals surface area contributed by atoms with Gasteiger partial charge >= 0.3 is 0 Å². The van der Waals surface area contributed by atoms with Crippen molar-refractivity contribution in [2.24, 2.45) is 11.1 Å². The molecule has 3 nitrogen and oxygen atoms in total. The third kappa shape index (κ3) is 2.15. The van der Waals surface area contributed by atoms with E-state index in [1.807, 2.05) is 13.8 Å². The van der Waals surface area contributed by atoms with Crippen LogP contribution in [0.4, 0.5) is 0 Å². The fourth-order valence-corrected chi connectivity index (χ4v) is 1.52. The van der Waals surface area contributed by atoms with E-state index in [2.05, 4.69) is 0 Å². The molecule has 14 heavy (non-hydrogen) atoms. The lowest BCUT2D eigenvalue weighted by Gasteiger charge is -2.26. The van der Waals surface area contributed by atoms with E-state index in [9.17, 15) is 4.79 Å². The van der Waals surface area contributed by atoms with Gasteiger partial charge in [-0.25, -0.2) is 0 Å². The van der Waals surface area contributed by atoms with Crippen molar-refractivity contribution in [2.75, 3.05) is 13.2 Å². The summed E-state index contributed by atoms with van der Waals surface area (Å²) < 4.78 is 5.16. The first-order valence-electron chi connectivity index (χ1n) is 5.19. The third-order valence-electron chi connectivity index (χ3n) is 3.00. The van der Waals surface area contributed by atoms with Gasteiger partial charge in [0.05, 0.1) is 12.9 Å². The predicted molar refractivity (Wildman–Crippen MR) is 55.7 cm³/mol. The van der Waals surface area contributed by atoms with Crippen molar-refractivity contribution in [3.8, 4) is 0 Å². The fraction of sp³-hybridized carbons (Fsp3) is 0.727. The molecule has 1 unspecified atom stereocenters. The van der Waals surface area contributed by atoms with Gasteiger partial charge < -0.3 is 10.5 Å². The Bertz CT molecular complexity index is 242. The minimum absolute atomic E-state index is 0.155. The molecule has 0 bridgehead atoms. The minimum Gasteiger partial charge on any atom is -0.501 e. The summed E-state index contributed by atoms with van der Waals surface area (Å²) >= 11 is 0. The number of carbonyl (C=O) groups is 1. The minimum atomic E-state index is -0.410. The van der Waals surface area contributed by atoms with E-state index < -0.39 is 5.41 Å². The van der Waals surface area contributed by atoms with E-state index >= 15 is 0 Å². The quantitative estimate of drug-likeness (QED) is 0.745. The van der Waals surface area contributed by atoms with Gasteiger partial charge in [-0.05, 0) is 19.3 Å². The van der Waals surface area contributed by atoms with Gasteiger partial charge in [0.2, 0.25) is 0 Å². The van der Waals surface area contributed by atoms with E-state index in [4.69, 9.17) is 10.5 Å². The summed E-state index contributed by atoms with van der Waals surface area (Å²) in [5.74, 6) is 0.155. The van der Waals surface area contributed by atoms with Crippen LogP contribution in [0.1, 0.15) is 33.1 Å². The average molecular weight is 197 g/mol. The van der Waals surface area contributed by atoms with Gasteiger partial charge in [-0.1, -0.05) is 13.8 Å². The van der Waals surface area contributed by atoms with Gasteiger partial charge in [0, 0.05) is 17.5 Å². The van der Waals surface area contributed by atoms with Crippen LogP contribution in [0, 0.1) is 5.41 Å². The molecule has 1 aliphatic rings. The second kappa shape index (κ2) is 4.60. The van der Waals surface area contributed by atoms with Crippen LogP contribution >= 0.6 is 0 Å². The number of carbonyl (C=O) groups excluding carboxylic acids is 1. The molecule has 1 heterocycles. The molecule has 1 aliphatic heterocycles. The van der Waals surface area contributed by atoms with Crippen molar-refractivity contribution in [2.45, 2.75) is 33.1 Å². The first kappa shape index (κ1) is 11.2. The van der Waals surface area contributed by atoms with Crippen LogP contribution in [-0.4, -0.2) is 18.9 Å².